The minimum Gasteiger partial charge on any atom is -0.454 e. The van der Waals surface area contributed by atoms with Crippen LogP contribution in [0.15, 0.2) is 41.3 Å². The number of hydrogen-bond acceptors (Lipinski definition) is 5. The quantitative estimate of drug-likeness (QED) is 0.524. The molecule has 3 rings (SSSR count). The molecule has 4 nitrogen and oxygen atoms in total. The molecule has 0 aromatic heterocycles. The van der Waals surface area contributed by atoms with Crippen LogP contribution in [0.25, 0.3) is 0 Å². The van der Waals surface area contributed by atoms with Gasteiger partial charge in [-0.05, 0) is 36.4 Å². The van der Waals surface area contributed by atoms with Crippen LogP contribution in [0, 0.1) is 0 Å². The first-order valence-corrected chi connectivity index (χ1v) is 10.5. The van der Waals surface area contributed by atoms with Gasteiger partial charge in [-0.2, -0.15) is 0 Å². The van der Waals surface area contributed by atoms with E-state index in [9.17, 15) is 0 Å². The van der Waals surface area contributed by atoms with E-state index in [0.29, 0.717) is 46.6 Å². The lowest BCUT2D eigenvalue weighted by Crippen LogP contribution is -2.36. The Hall–Kier alpha value is -1.11. The summed E-state index contributed by atoms with van der Waals surface area (Å²) in [6.07, 6.45) is 0. The number of ether oxygens (including phenoxy) is 3. The largest absolute Gasteiger partial charge is 0.454 e. The molecule has 2 aromatic carbocycles. The molecule has 1 atom stereocenters. The molecule has 1 aliphatic heterocycles. The van der Waals surface area contributed by atoms with Crippen LogP contribution in [-0.2, 0) is 9.47 Å². The van der Waals surface area contributed by atoms with Crippen molar-refractivity contribution < 1.29 is 14.2 Å². The molecule has 146 valence electrons. The van der Waals surface area contributed by atoms with Crippen LogP contribution >= 0.6 is 35.0 Å². The molecular weight excluding hydrogens is 405 g/mol. The maximum absolute atomic E-state index is 6.45. The topological polar surface area (TPSA) is 30.9 Å². The van der Waals surface area contributed by atoms with E-state index in [0.717, 1.165) is 23.7 Å². The number of halogens is 2. The molecule has 0 spiro atoms. The lowest BCUT2D eigenvalue weighted by molar-refractivity contribution is 0.122. The van der Waals surface area contributed by atoms with E-state index in [1.54, 1.807) is 18.9 Å². The average molecular weight is 428 g/mol. The summed E-state index contributed by atoms with van der Waals surface area (Å²) in [5.74, 6) is 1.17. The second-order valence-corrected chi connectivity index (χ2v) is 8.62. The van der Waals surface area contributed by atoms with E-state index >= 15 is 0 Å². The predicted octanol–water partition coefficient (Wildman–Crippen LogP) is 5.75. The molecule has 1 heterocycles. The van der Waals surface area contributed by atoms with Crippen molar-refractivity contribution in [3.05, 3.63) is 46.4 Å². The van der Waals surface area contributed by atoms with Gasteiger partial charge in [0.25, 0.3) is 0 Å². The Kier molecular flexibility index (Phi) is 7.56. The zero-order valence-electron chi connectivity index (χ0n) is 15.4. The summed E-state index contributed by atoms with van der Waals surface area (Å²) in [7, 11) is 1.71. The number of methoxy groups -OCH3 is 1. The van der Waals surface area contributed by atoms with Gasteiger partial charge in [0.1, 0.15) is 5.75 Å². The van der Waals surface area contributed by atoms with E-state index in [2.05, 4.69) is 11.8 Å². The summed E-state index contributed by atoms with van der Waals surface area (Å²) in [6.45, 7) is 5.92. The summed E-state index contributed by atoms with van der Waals surface area (Å²) in [5.41, 5.74) is 0.986. The van der Waals surface area contributed by atoms with Gasteiger partial charge in [0, 0.05) is 36.0 Å². The van der Waals surface area contributed by atoms with Gasteiger partial charge in [0.2, 0.25) is 0 Å². The summed E-state index contributed by atoms with van der Waals surface area (Å²) in [5, 5.41) is 1.38. The Morgan fingerprint density at radius 2 is 1.74 bits per heavy atom. The Balaban J connectivity index is 1.69. The summed E-state index contributed by atoms with van der Waals surface area (Å²) in [6, 6.07) is 11.7. The fourth-order valence-corrected chi connectivity index (χ4v) is 4.37. The first-order chi connectivity index (χ1) is 13.1. The fraction of sp³-hybridized carbons (Fsp3) is 0.400. The lowest BCUT2D eigenvalue weighted by Gasteiger charge is -2.29. The number of thioether (sulfide) groups is 1. The Bertz CT molecular complexity index is 728. The van der Waals surface area contributed by atoms with Gasteiger partial charge in [-0.25, -0.2) is 0 Å². The van der Waals surface area contributed by atoms with E-state index in [1.165, 1.54) is 0 Å². The average Bonchev–Trinajstić information content (AvgIpc) is 2.67. The number of hydrogen-bond donors (Lipinski definition) is 0. The monoisotopic (exact) mass is 427 g/mol. The minimum atomic E-state index is 0.387. The molecule has 1 fully saturated rings. The number of anilines is 1. The molecule has 0 saturated carbocycles. The number of nitrogens with zero attached hydrogens (tertiary/aromatic N) is 1. The molecular formula is C20H23Cl2NO3S. The number of rotatable bonds is 7. The first-order valence-electron chi connectivity index (χ1n) is 8.82. The maximum Gasteiger partial charge on any atom is 0.164 e. The molecule has 1 unspecified atom stereocenters. The highest BCUT2D eigenvalue weighted by atomic mass is 35.5. The second kappa shape index (κ2) is 9.89. The molecule has 2 aromatic rings. The van der Waals surface area contributed by atoms with E-state index in [1.807, 2.05) is 36.4 Å². The van der Waals surface area contributed by atoms with Crippen LogP contribution in [0.2, 0.25) is 10.0 Å². The van der Waals surface area contributed by atoms with Crippen LogP contribution in [0.4, 0.5) is 5.69 Å². The second-order valence-electron chi connectivity index (χ2n) is 6.30. The molecule has 1 saturated heterocycles. The molecule has 0 amide bonds. The highest BCUT2D eigenvalue weighted by Gasteiger charge is 2.17. The van der Waals surface area contributed by atoms with Gasteiger partial charge in [-0.15, -0.1) is 11.8 Å². The minimum absolute atomic E-state index is 0.387. The Morgan fingerprint density at radius 3 is 2.33 bits per heavy atom. The Morgan fingerprint density at radius 1 is 1.11 bits per heavy atom. The van der Waals surface area contributed by atoms with Crippen molar-refractivity contribution >= 4 is 40.7 Å². The van der Waals surface area contributed by atoms with Crippen molar-refractivity contribution in [2.75, 3.05) is 44.9 Å². The molecule has 7 heteroatoms. The van der Waals surface area contributed by atoms with Gasteiger partial charge < -0.3 is 19.1 Å². The molecule has 0 aliphatic carbocycles. The van der Waals surface area contributed by atoms with E-state index in [4.69, 9.17) is 37.4 Å². The van der Waals surface area contributed by atoms with Crippen LogP contribution in [0.1, 0.15) is 6.92 Å². The van der Waals surface area contributed by atoms with Crippen molar-refractivity contribution in [3.63, 3.8) is 0 Å². The molecule has 0 N–H and O–H groups in total. The highest BCUT2D eigenvalue weighted by molar-refractivity contribution is 8.00. The molecule has 1 aliphatic rings. The van der Waals surface area contributed by atoms with Crippen molar-refractivity contribution in [1.82, 2.24) is 0 Å². The molecule has 0 radical (unpaired) electrons. The van der Waals surface area contributed by atoms with E-state index in [-0.39, 0.29) is 0 Å². The normalized spacial score (nSPS) is 15.6. The van der Waals surface area contributed by atoms with E-state index < -0.39 is 0 Å². The zero-order valence-corrected chi connectivity index (χ0v) is 17.7. The van der Waals surface area contributed by atoms with Gasteiger partial charge >= 0.3 is 0 Å². The third-order valence-electron chi connectivity index (χ3n) is 4.14. The van der Waals surface area contributed by atoms with Crippen molar-refractivity contribution in [3.8, 4) is 11.5 Å². The van der Waals surface area contributed by atoms with Crippen LogP contribution in [-0.4, -0.2) is 45.3 Å². The third-order valence-corrected chi connectivity index (χ3v) is 5.79. The van der Waals surface area contributed by atoms with Gasteiger partial charge in [0.05, 0.1) is 29.9 Å². The summed E-state index contributed by atoms with van der Waals surface area (Å²) in [4.78, 5) is 3.37. The maximum atomic E-state index is 6.45. The molecule has 27 heavy (non-hydrogen) atoms. The summed E-state index contributed by atoms with van der Waals surface area (Å²) >= 11 is 14.7. The van der Waals surface area contributed by atoms with Gasteiger partial charge in [0.15, 0.2) is 5.75 Å². The zero-order chi connectivity index (χ0) is 19.2. The van der Waals surface area contributed by atoms with Crippen molar-refractivity contribution in [2.24, 2.45) is 0 Å². The smallest absolute Gasteiger partial charge is 0.164 e. The van der Waals surface area contributed by atoms with Gasteiger partial charge in [-0.1, -0.05) is 30.1 Å². The third kappa shape index (κ3) is 5.69. The van der Waals surface area contributed by atoms with Crippen LogP contribution in [0.3, 0.4) is 0 Å². The predicted molar refractivity (Wildman–Crippen MR) is 113 cm³/mol. The first kappa shape index (κ1) is 20.6. The SMILES string of the molecule is COCC(C)Sc1ccc(Oc2c(Cl)cc(N3CCOCC3)cc2Cl)cc1. The highest BCUT2D eigenvalue weighted by Crippen LogP contribution is 2.40. The van der Waals surface area contributed by atoms with Crippen LogP contribution in [0.5, 0.6) is 11.5 Å². The standard InChI is InChI=1S/C20H23Cl2NO3S/c1-14(13-24-2)27-17-5-3-16(4-6-17)26-20-18(21)11-15(12-19(20)22)23-7-9-25-10-8-23/h3-6,11-12,14H,7-10,13H2,1-2H3. The van der Waals surface area contributed by atoms with Crippen LogP contribution < -0.4 is 9.64 Å². The summed E-state index contributed by atoms with van der Waals surface area (Å²) < 4.78 is 16.5. The van der Waals surface area contributed by atoms with Gasteiger partial charge in [-0.3, -0.25) is 0 Å². The fourth-order valence-electron chi connectivity index (χ4n) is 2.85. The van der Waals surface area contributed by atoms with Crippen molar-refractivity contribution in [1.29, 1.82) is 0 Å². The molecule has 0 bridgehead atoms. The Labute approximate surface area is 174 Å². The van der Waals surface area contributed by atoms with Crippen molar-refractivity contribution in [2.45, 2.75) is 17.1 Å². The number of benzene rings is 2. The number of morpholine rings is 1. The lowest BCUT2D eigenvalue weighted by atomic mass is 10.2.